The second-order valence-corrected chi connectivity index (χ2v) is 9.05. The summed E-state index contributed by atoms with van der Waals surface area (Å²) in [5.74, 6) is 0.407. The number of thioether (sulfide) groups is 1. The second-order valence-electron chi connectivity index (χ2n) is 7.76. The number of hydrogen-bond acceptors (Lipinski definition) is 3. The van der Waals surface area contributed by atoms with E-state index in [9.17, 15) is 14.0 Å². The van der Waals surface area contributed by atoms with Crippen LogP contribution in [0.3, 0.4) is 0 Å². The van der Waals surface area contributed by atoms with E-state index in [-0.39, 0.29) is 30.1 Å². The number of carbonyl (C=O) groups excluding carboxylic acids is 2. The fourth-order valence-electron chi connectivity index (χ4n) is 4.25. The molecule has 2 aromatic rings. The Hall–Kier alpha value is -2.34. The van der Waals surface area contributed by atoms with Gasteiger partial charge in [0.15, 0.2) is 4.87 Å². The van der Waals surface area contributed by atoms with Gasteiger partial charge in [-0.2, -0.15) is 0 Å². The Labute approximate surface area is 167 Å². The van der Waals surface area contributed by atoms with Crippen molar-refractivity contribution in [1.82, 2.24) is 4.90 Å². The molecular formula is C22H21FN2O2S. The quantitative estimate of drug-likeness (QED) is 0.792. The summed E-state index contributed by atoms with van der Waals surface area (Å²) in [4.78, 5) is 29.2. The highest BCUT2D eigenvalue weighted by molar-refractivity contribution is 8.01. The maximum Gasteiger partial charge on any atom is 0.268 e. The summed E-state index contributed by atoms with van der Waals surface area (Å²) >= 11 is 1.53. The van der Waals surface area contributed by atoms with Crippen molar-refractivity contribution in [1.29, 1.82) is 0 Å². The molecule has 4 nitrogen and oxygen atoms in total. The number of nitrogens with zero attached hydrogens (tertiary/aromatic N) is 2. The maximum absolute atomic E-state index is 14.3. The van der Waals surface area contributed by atoms with Crippen molar-refractivity contribution in [3.05, 3.63) is 65.0 Å². The highest BCUT2D eigenvalue weighted by Gasteiger charge is 2.60. The highest BCUT2D eigenvalue weighted by atomic mass is 32.2. The molecule has 1 unspecified atom stereocenters. The normalized spacial score (nSPS) is 23.6. The van der Waals surface area contributed by atoms with Gasteiger partial charge in [0.25, 0.3) is 5.91 Å². The summed E-state index contributed by atoms with van der Waals surface area (Å²) in [5, 5.41) is 0. The number of hydrogen-bond donors (Lipinski definition) is 0. The SMILES string of the molecule is Cc1ccc2c(c1)C1(SCCN1C(=O)C1CC1)C(=O)N2Cc1ccccc1F. The number of fused-ring (bicyclic) bond motifs is 2. The molecule has 3 aliphatic rings. The third-order valence-electron chi connectivity index (χ3n) is 5.83. The van der Waals surface area contributed by atoms with Crippen LogP contribution in [-0.4, -0.2) is 29.0 Å². The first-order valence-electron chi connectivity index (χ1n) is 9.64. The third kappa shape index (κ3) is 2.50. The number of rotatable bonds is 3. The molecule has 0 radical (unpaired) electrons. The fourth-order valence-corrected chi connectivity index (χ4v) is 5.71. The summed E-state index contributed by atoms with van der Waals surface area (Å²) in [6.45, 7) is 2.73. The Morgan fingerprint density at radius 1 is 1.25 bits per heavy atom. The van der Waals surface area contributed by atoms with Crippen molar-refractivity contribution in [3.63, 3.8) is 0 Å². The summed E-state index contributed by atoms with van der Waals surface area (Å²) < 4.78 is 14.3. The Morgan fingerprint density at radius 2 is 2.04 bits per heavy atom. The van der Waals surface area contributed by atoms with E-state index < -0.39 is 4.87 Å². The Kier molecular flexibility index (Phi) is 4.02. The van der Waals surface area contributed by atoms with Gasteiger partial charge in [0, 0.05) is 29.3 Å². The van der Waals surface area contributed by atoms with Gasteiger partial charge < -0.3 is 9.80 Å². The van der Waals surface area contributed by atoms with Crippen molar-refractivity contribution in [2.24, 2.45) is 5.92 Å². The average molecular weight is 396 g/mol. The largest absolute Gasteiger partial charge is 0.315 e. The van der Waals surface area contributed by atoms with Crippen molar-refractivity contribution >= 4 is 29.3 Å². The molecule has 2 fully saturated rings. The van der Waals surface area contributed by atoms with Crippen LogP contribution < -0.4 is 4.90 Å². The summed E-state index contributed by atoms with van der Waals surface area (Å²) in [6, 6.07) is 12.4. The number of halogens is 1. The van der Waals surface area contributed by atoms with Crippen molar-refractivity contribution in [2.75, 3.05) is 17.2 Å². The van der Waals surface area contributed by atoms with E-state index in [1.54, 1.807) is 28.0 Å². The lowest BCUT2D eigenvalue weighted by Gasteiger charge is -2.33. The topological polar surface area (TPSA) is 40.6 Å². The molecule has 1 aliphatic carbocycles. The molecule has 1 saturated carbocycles. The first kappa shape index (κ1) is 17.7. The van der Waals surface area contributed by atoms with Crippen LogP contribution in [0, 0.1) is 18.7 Å². The number of amides is 2. The number of anilines is 1. The van der Waals surface area contributed by atoms with E-state index >= 15 is 0 Å². The maximum atomic E-state index is 14.3. The van der Waals surface area contributed by atoms with Gasteiger partial charge in [-0.25, -0.2) is 4.39 Å². The van der Waals surface area contributed by atoms with Crippen LogP contribution in [0.15, 0.2) is 42.5 Å². The van der Waals surface area contributed by atoms with Crippen LogP contribution in [0.5, 0.6) is 0 Å². The molecule has 2 aliphatic heterocycles. The zero-order valence-corrected chi connectivity index (χ0v) is 16.5. The van der Waals surface area contributed by atoms with Gasteiger partial charge in [0.05, 0.1) is 12.2 Å². The second kappa shape index (κ2) is 6.34. The van der Waals surface area contributed by atoms with Gasteiger partial charge in [0.2, 0.25) is 5.91 Å². The summed E-state index contributed by atoms with van der Waals surface area (Å²) in [7, 11) is 0. The highest BCUT2D eigenvalue weighted by Crippen LogP contribution is 2.55. The van der Waals surface area contributed by atoms with E-state index in [0.717, 1.165) is 35.4 Å². The Morgan fingerprint density at radius 3 is 2.79 bits per heavy atom. The summed E-state index contributed by atoms with van der Waals surface area (Å²) in [6.07, 6.45) is 1.81. The molecular weight excluding hydrogens is 375 g/mol. The van der Waals surface area contributed by atoms with Crippen LogP contribution in [0.2, 0.25) is 0 Å². The van der Waals surface area contributed by atoms with Crippen molar-refractivity contribution in [3.8, 4) is 0 Å². The van der Waals surface area contributed by atoms with Crippen molar-refractivity contribution < 1.29 is 14.0 Å². The summed E-state index contributed by atoms with van der Waals surface area (Å²) in [5.41, 5.74) is 3.17. The molecule has 1 saturated heterocycles. The molecule has 2 amide bonds. The molecule has 2 aromatic carbocycles. The molecule has 144 valence electrons. The van der Waals surface area contributed by atoms with Crippen LogP contribution in [0.4, 0.5) is 10.1 Å². The Balaban J connectivity index is 1.61. The minimum absolute atomic E-state index is 0.0530. The zero-order valence-electron chi connectivity index (χ0n) is 15.7. The van der Waals surface area contributed by atoms with Gasteiger partial charge in [-0.1, -0.05) is 35.9 Å². The van der Waals surface area contributed by atoms with E-state index in [0.29, 0.717) is 12.1 Å². The minimum Gasteiger partial charge on any atom is -0.315 e. The lowest BCUT2D eigenvalue weighted by Crippen LogP contribution is -2.50. The van der Waals surface area contributed by atoms with Gasteiger partial charge in [-0.05, 0) is 31.9 Å². The van der Waals surface area contributed by atoms with Crippen LogP contribution in [0.1, 0.15) is 29.5 Å². The molecule has 5 rings (SSSR count). The van der Waals surface area contributed by atoms with Crippen LogP contribution in [0.25, 0.3) is 0 Å². The predicted octanol–water partition coefficient (Wildman–Crippen LogP) is 3.82. The standard InChI is InChI=1S/C22H21FN2O2S/c1-14-6-9-19-17(12-14)22(25(10-11-28-22)20(26)15-7-8-15)21(27)24(19)13-16-4-2-3-5-18(16)23/h2-6,9,12,15H,7-8,10-11,13H2,1H3. The fraction of sp³-hybridized carbons (Fsp3) is 0.364. The van der Waals surface area contributed by atoms with Gasteiger partial charge in [-0.3, -0.25) is 9.59 Å². The first-order valence-corrected chi connectivity index (χ1v) is 10.6. The number of carbonyl (C=O) groups is 2. The molecule has 1 spiro atoms. The lowest BCUT2D eigenvalue weighted by molar-refractivity contribution is -0.141. The predicted molar refractivity (Wildman–Crippen MR) is 107 cm³/mol. The Bertz CT molecular complexity index is 990. The first-order chi connectivity index (χ1) is 13.5. The van der Waals surface area contributed by atoms with Crippen LogP contribution in [-0.2, 0) is 21.0 Å². The minimum atomic E-state index is -1.01. The lowest BCUT2D eigenvalue weighted by atomic mass is 10.0. The molecule has 28 heavy (non-hydrogen) atoms. The molecule has 1 atom stereocenters. The zero-order chi connectivity index (χ0) is 19.5. The average Bonchev–Trinajstić information content (AvgIpc) is 3.40. The number of aryl methyl sites for hydroxylation is 1. The van der Waals surface area contributed by atoms with E-state index in [2.05, 4.69) is 0 Å². The van der Waals surface area contributed by atoms with Crippen molar-refractivity contribution in [2.45, 2.75) is 31.2 Å². The molecule has 0 bridgehead atoms. The molecule has 6 heteroatoms. The van der Waals surface area contributed by atoms with Gasteiger partial charge in [0.1, 0.15) is 5.82 Å². The third-order valence-corrected chi connectivity index (χ3v) is 7.25. The molecule has 0 aromatic heterocycles. The smallest absolute Gasteiger partial charge is 0.268 e. The number of benzene rings is 2. The van der Waals surface area contributed by atoms with E-state index in [1.807, 2.05) is 25.1 Å². The van der Waals surface area contributed by atoms with Gasteiger partial charge >= 0.3 is 0 Å². The van der Waals surface area contributed by atoms with Gasteiger partial charge in [-0.15, -0.1) is 11.8 Å². The van der Waals surface area contributed by atoms with Crippen LogP contribution >= 0.6 is 11.8 Å². The molecule has 2 heterocycles. The molecule has 0 N–H and O–H groups in total. The van der Waals surface area contributed by atoms with E-state index in [4.69, 9.17) is 0 Å². The monoisotopic (exact) mass is 396 g/mol. The van der Waals surface area contributed by atoms with E-state index in [1.165, 1.54) is 17.8 Å².